The lowest BCUT2D eigenvalue weighted by atomic mass is 9.95. The molecule has 10 nitrogen and oxygen atoms in total. The molecule has 4 N–H and O–H groups in total. The van der Waals surface area contributed by atoms with Crippen molar-refractivity contribution in [2.24, 2.45) is 4.99 Å². The monoisotopic (exact) mass is 404 g/mol. The molecule has 2 saturated heterocycles. The van der Waals surface area contributed by atoms with Crippen molar-refractivity contribution in [1.29, 1.82) is 0 Å². The van der Waals surface area contributed by atoms with Crippen molar-refractivity contribution in [2.75, 3.05) is 18.9 Å². The smallest absolute Gasteiger partial charge is 0.237 e. The van der Waals surface area contributed by atoms with Crippen LogP contribution in [0.25, 0.3) is 0 Å². The third kappa shape index (κ3) is 3.73. The van der Waals surface area contributed by atoms with Crippen molar-refractivity contribution in [1.82, 2.24) is 20.2 Å². The van der Waals surface area contributed by atoms with Crippen LogP contribution in [0.1, 0.15) is 38.3 Å². The van der Waals surface area contributed by atoms with E-state index in [9.17, 15) is 15.0 Å². The minimum absolute atomic E-state index is 0.0866. The van der Waals surface area contributed by atoms with Crippen LogP contribution in [0.2, 0.25) is 0 Å². The lowest BCUT2D eigenvalue weighted by Crippen LogP contribution is -2.65. The Hall–Kier alpha value is -2.14. The SMILES string of the molecule is CC1C=Nc2c(N[C@H]3O[C@@H](C)[C@H](NC(=O)[C@H]4CCCN4C)[C@@H](O)[C@@H]3O)ncnc21. The van der Waals surface area contributed by atoms with E-state index >= 15 is 0 Å². The maximum Gasteiger partial charge on any atom is 0.237 e. The molecule has 4 heterocycles. The van der Waals surface area contributed by atoms with E-state index in [2.05, 4.69) is 25.6 Å². The number of aromatic nitrogens is 2. The molecule has 158 valence electrons. The molecule has 7 atom stereocenters. The first-order chi connectivity index (χ1) is 13.9. The first-order valence-corrected chi connectivity index (χ1v) is 10.0. The van der Waals surface area contributed by atoms with Gasteiger partial charge < -0.3 is 25.6 Å². The molecular weight excluding hydrogens is 376 g/mol. The summed E-state index contributed by atoms with van der Waals surface area (Å²) in [6, 6.07) is -0.926. The molecule has 1 amide bonds. The number of aliphatic hydroxyl groups excluding tert-OH is 2. The largest absolute Gasteiger partial charge is 0.388 e. The predicted octanol–water partition coefficient (Wildman–Crippen LogP) is -0.246. The number of hydrogen-bond donors (Lipinski definition) is 4. The van der Waals surface area contributed by atoms with Gasteiger partial charge in [0.2, 0.25) is 5.91 Å². The first-order valence-electron chi connectivity index (χ1n) is 10.0. The average molecular weight is 404 g/mol. The van der Waals surface area contributed by atoms with Crippen molar-refractivity contribution in [3.63, 3.8) is 0 Å². The fraction of sp³-hybridized carbons (Fsp3) is 0.684. The van der Waals surface area contributed by atoms with Crippen molar-refractivity contribution in [2.45, 2.75) is 69.2 Å². The van der Waals surface area contributed by atoms with E-state index in [-0.39, 0.29) is 17.9 Å². The van der Waals surface area contributed by atoms with Crippen LogP contribution in [0.5, 0.6) is 0 Å². The lowest BCUT2D eigenvalue weighted by Gasteiger charge is -2.42. The Kier molecular flexibility index (Phi) is 5.52. The number of nitrogens with zero attached hydrogens (tertiary/aromatic N) is 4. The van der Waals surface area contributed by atoms with E-state index in [0.29, 0.717) is 11.5 Å². The number of likely N-dealkylation sites (tertiary alicyclic amines) is 1. The summed E-state index contributed by atoms with van der Waals surface area (Å²) in [4.78, 5) is 27.4. The Bertz CT molecular complexity index is 805. The standard InChI is InChI=1S/C19H28N6O4/c1-9-7-20-14-12(9)21-8-22-17(14)24-19-16(27)15(26)13(10(2)29-19)23-18(28)11-5-4-6-25(11)3/h7-11,13,15-16,19,26-27H,4-6H2,1-3H3,(H,23,28)(H,21,22,24)/t9?,10-,11+,13-,15+,16-,19-/m0/s1. The molecule has 3 aliphatic heterocycles. The summed E-state index contributed by atoms with van der Waals surface area (Å²) >= 11 is 0. The van der Waals surface area contributed by atoms with Gasteiger partial charge in [0.25, 0.3) is 0 Å². The molecule has 0 bridgehead atoms. The van der Waals surface area contributed by atoms with Crippen LogP contribution in [0.15, 0.2) is 11.3 Å². The van der Waals surface area contributed by atoms with Gasteiger partial charge in [0, 0.05) is 12.1 Å². The van der Waals surface area contributed by atoms with E-state index in [0.717, 1.165) is 25.1 Å². The summed E-state index contributed by atoms with van der Waals surface area (Å²) in [5, 5.41) is 27.2. The molecule has 3 aliphatic rings. The Balaban J connectivity index is 1.44. The molecule has 1 aromatic heterocycles. The number of carbonyl (C=O) groups excluding carboxylic acids is 1. The van der Waals surface area contributed by atoms with E-state index in [1.807, 2.05) is 18.9 Å². The molecule has 0 aromatic carbocycles. The Morgan fingerprint density at radius 1 is 1.28 bits per heavy atom. The van der Waals surface area contributed by atoms with E-state index in [1.165, 1.54) is 6.33 Å². The molecule has 0 spiro atoms. The number of amides is 1. The van der Waals surface area contributed by atoms with E-state index < -0.39 is 30.6 Å². The highest BCUT2D eigenvalue weighted by Gasteiger charge is 2.45. The van der Waals surface area contributed by atoms with Gasteiger partial charge >= 0.3 is 0 Å². The van der Waals surface area contributed by atoms with Crippen LogP contribution in [0, 0.1) is 0 Å². The minimum Gasteiger partial charge on any atom is -0.388 e. The molecule has 1 unspecified atom stereocenters. The number of aliphatic hydroxyl groups is 2. The van der Waals surface area contributed by atoms with Gasteiger partial charge in [-0.05, 0) is 33.4 Å². The number of ether oxygens (including phenoxy) is 1. The maximum atomic E-state index is 12.6. The van der Waals surface area contributed by atoms with E-state index in [1.54, 1.807) is 13.1 Å². The highest BCUT2D eigenvalue weighted by atomic mass is 16.5. The number of aliphatic imine (C=N–C) groups is 1. The van der Waals surface area contributed by atoms with Gasteiger partial charge in [0.1, 0.15) is 24.2 Å². The van der Waals surface area contributed by atoms with Crippen LogP contribution in [0.3, 0.4) is 0 Å². The van der Waals surface area contributed by atoms with E-state index in [4.69, 9.17) is 4.74 Å². The minimum atomic E-state index is -1.26. The third-order valence-corrected chi connectivity index (χ3v) is 6.02. The molecule has 0 saturated carbocycles. The van der Waals surface area contributed by atoms with Crippen LogP contribution in [-0.4, -0.2) is 87.4 Å². The summed E-state index contributed by atoms with van der Waals surface area (Å²) in [5.74, 6) is 0.373. The Morgan fingerprint density at radius 2 is 2.07 bits per heavy atom. The highest BCUT2D eigenvalue weighted by Crippen LogP contribution is 2.36. The molecule has 10 heteroatoms. The van der Waals surface area contributed by atoms with Crippen molar-refractivity contribution >= 4 is 23.6 Å². The van der Waals surface area contributed by atoms with Gasteiger partial charge in [0.05, 0.1) is 23.9 Å². The predicted molar refractivity (Wildman–Crippen MR) is 106 cm³/mol. The lowest BCUT2D eigenvalue weighted by molar-refractivity contribution is -0.173. The number of carbonyl (C=O) groups is 1. The summed E-state index contributed by atoms with van der Waals surface area (Å²) < 4.78 is 5.90. The number of rotatable bonds is 4. The highest BCUT2D eigenvalue weighted by molar-refractivity contribution is 5.84. The molecule has 2 fully saturated rings. The van der Waals surface area contributed by atoms with Gasteiger partial charge in [-0.3, -0.25) is 14.7 Å². The average Bonchev–Trinajstić information content (AvgIpc) is 3.29. The van der Waals surface area contributed by atoms with Crippen molar-refractivity contribution in [3.05, 3.63) is 12.0 Å². The summed E-state index contributed by atoms with van der Waals surface area (Å²) in [5.41, 5.74) is 1.41. The maximum absolute atomic E-state index is 12.6. The molecular formula is C19H28N6O4. The molecule has 4 rings (SSSR count). The van der Waals surface area contributed by atoms with Crippen LogP contribution in [0.4, 0.5) is 11.5 Å². The van der Waals surface area contributed by atoms with Crippen LogP contribution in [-0.2, 0) is 9.53 Å². The number of nitrogens with one attached hydrogen (secondary N) is 2. The fourth-order valence-corrected chi connectivity index (χ4v) is 4.24. The Morgan fingerprint density at radius 3 is 2.79 bits per heavy atom. The first kappa shape index (κ1) is 20.1. The van der Waals surface area contributed by atoms with Gasteiger partial charge in [0.15, 0.2) is 12.0 Å². The molecule has 29 heavy (non-hydrogen) atoms. The number of fused-ring (bicyclic) bond motifs is 1. The molecule has 0 radical (unpaired) electrons. The third-order valence-electron chi connectivity index (χ3n) is 6.02. The summed E-state index contributed by atoms with van der Waals surface area (Å²) in [7, 11) is 1.91. The zero-order valence-corrected chi connectivity index (χ0v) is 16.8. The van der Waals surface area contributed by atoms with Gasteiger partial charge in [-0.25, -0.2) is 9.97 Å². The van der Waals surface area contributed by atoms with Crippen molar-refractivity contribution < 1.29 is 19.7 Å². The second-order valence-corrected chi connectivity index (χ2v) is 8.08. The summed E-state index contributed by atoms with van der Waals surface area (Å²) in [6.07, 6.45) is 1.10. The summed E-state index contributed by atoms with van der Waals surface area (Å²) in [6.45, 7) is 4.62. The topological polar surface area (TPSA) is 132 Å². The Labute approximate surface area is 169 Å². The van der Waals surface area contributed by atoms with Gasteiger partial charge in [-0.1, -0.05) is 6.92 Å². The van der Waals surface area contributed by atoms with Crippen LogP contribution < -0.4 is 10.6 Å². The second kappa shape index (κ2) is 7.94. The number of likely N-dealkylation sites (N-methyl/N-ethyl adjacent to an activating group) is 1. The fourth-order valence-electron chi connectivity index (χ4n) is 4.24. The number of anilines is 1. The van der Waals surface area contributed by atoms with Gasteiger partial charge in [-0.15, -0.1) is 0 Å². The molecule has 0 aliphatic carbocycles. The zero-order valence-electron chi connectivity index (χ0n) is 16.8. The quantitative estimate of drug-likeness (QED) is 0.540. The zero-order chi connectivity index (χ0) is 20.7. The normalized spacial score (nSPS) is 36.8. The number of hydrogen-bond acceptors (Lipinski definition) is 9. The van der Waals surface area contributed by atoms with Crippen molar-refractivity contribution in [3.8, 4) is 0 Å². The van der Waals surface area contributed by atoms with Gasteiger partial charge in [-0.2, -0.15) is 0 Å². The second-order valence-electron chi connectivity index (χ2n) is 8.08. The molecule has 1 aromatic rings. The van der Waals surface area contributed by atoms with Crippen LogP contribution >= 0.6 is 0 Å².